The van der Waals surface area contributed by atoms with E-state index in [9.17, 15) is 0 Å². The number of para-hydroxylation sites is 2. The third-order valence-electron chi connectivity index (χ3n) is 12.3. The first-order valence-corrected chi connectivity index (χ1v) is 21.1. The summed E-state index contributed by atoms with van der Waals surface area (Å²) in [4.78, 5) is 15.5. The SMILES string of the molecule is c1ccc(-c2nc(-c3ccc4c(c3)oc3ccc(-c5ccc6oc7ccccc7c6c5)cc34)nc(-n3c4ccccc4c4cc(-c5ccccc5-c5ccccc5)ccc43)n2)cc1. The summed E-state index contributed by atoms with van der Waals surface area (Å²) in [6.45, 7) is 0. The van der Waals surface area contributed by atoms with Crippen LogP contribution in [0.15, 0.2) is 215 Å². The number of aromatic nitrogens is 4. The van der Waals surface area contributed by atoms with Crippen molar-refractivity contribution in [2.24, 2.45) is 0 Å². The van der Waals surface area contributed by atoms with Crippen LogP contribution in [0.5, 0.6) is 0 Å². The second-order valence-corrected chi connectivity index (χ2v) is 16.0. The van der Waals surface area contributed by atoms with Crippen molar-refractivity contribution >= 4 is 65.7 Å². The van der Waals surface area contributed by atoms with Gasteiger partial charge in [0.25, 0.3) is 0 Å². The molecule has 9 aromatic carbocycles. The third kappa shape index (κ3) is 5.76. The number of nitrogens with zero attached hydrogens (tertiary/aromatic N) is 4. The lowest BCUT2D eigenvalue weighted by atomic mass is 9.94. The van der Waals surface area contributed by atoms with E-state index in [2.05, 4.69) is 168 Å². The minimum atomic E-state index is 0.541. The molecule has 0 atom stereocenters. The van der Waals surface area contributed by atoms with Crippen LogP contribution < -0.4 is 0 Å². The van der Waals surface area contributed by atoms with Crippen LogP contribution in [0.2, 0.25) is 0 Å². The predicted octanol–water partition coefficient (Wildman–Crippen LogP) is 15.1. The zero-order chi connectivity index (χ0) is 41.4. The van der Waals surface area contributed by atoms with Crippen molar-refractivity contribution < 1.29 is 8.83 Å². The molecule has 0 aliphatic heterocycles. The lowest BCUT2D eigenvalue weighted by molar-refractivity contribution is 0.668. The van der Waals surface area contributed by atoms with Crippen molar-refractivity contribution in [2.75, 3.05) is 0 Å². The number of hydrogen-bond acceptors (Lipinski definition) is 5. The molecule has 0 aliphatic rings. The lowest BCUT2D eigenvalue weighted by Gasteiger charge is -2.12. The van der Waals surface area contributed by atoms with Crippen LogP contribution in [0, 0.1) is 0 Å². The average molecular weight is 807 g/mol. The van der Waals surface area contributed by atoms with Crippen molar-refractivity contribution in [3.63, 3.8) is 0 Å². The van der Waals surface area contributed by atoms with Crippen molar-refractivity contribution in [3.05, 3.63) is 206 Å². The van der Waals surface area contributed by atoms with E-state index in [1.165, 1.54) is 16.7 Å². The molecule has 0 N–H and O–H groups in total. The van der Waals surface area contributed by atoms with Gasteiger partial charge in [-0.3, -0.25) is 4.57 Å². The zero-order valence-corrected chi connectivity index (χ0v) is 33.7. The molecule has 0 fully saturated rings. The van der Waals surface area contributed by atoms with Crippen molar-refractivity contribution in [1.29, 1.82) is 0 Å². The van der Waals surface area contributed by atoms with Crippen LogP contribution in [0.25, 0.3) is 128 Å². The summed E-state index contributed by atoms with van der Waals surface area (Å²) < 4.78 is 14.8. The maximum absolute atomic E-state index is 6.55. The Balaban J connectivity index is 0.946. The predicted molar refractivity (Wildman–Crippen MR) is 256 cm³/mol. The molecule has 13 rings (SSSR count). The van der Waals surface area contributed by atoms with E-state index in [0.29, 0.717) is 17.6 Å². The van der Waals surface area contributed by atoms with E-state index in [-0.39, 0.29) is 0 Å². The van der Waals surface area contributed by atoms with Crippen LogP contribution in [-0.4, -0.2) is 19.5 Å². The average Bonchev–Trinajstić information content (AvgIpc) is 4.03. The molecule has 4 aromatic heterocycles. The molecule has 6 heteroatoms. The molecule has 0 spiro atoms. The Kier molecular flexibility index (Phi) is 7.80. The van der Waals surface area contributed by atoms with Crippen molar-refractivity contribution in [3.8, 4) is 62.1 Å². The summed E-state index contributed by atoms with van der Waals surface area (Å²) in [5.41, 5.74) is 14.0. The Hall–Kier alpha value is -8.61. The van der Waals surface area contributed by atoms with E-state index in [1.807, 2.05) is 42.5 Å². The van der Waals surface area contributed by atoms with Crippen molar-refractivity contribution in [2.45, 2.75) is 0 Å². The van der Waals surface area contributed by atoms with Crippen LogP contribution in [-0.2, 0) is 0 Å². The molecule has 0 saturated heterocycles. The Morgan fingerprint density at radius 3 is 1.54 bits per heavy atom. The van der Waals surface area contributed by atoms with Crippen LogP contribution >= 0.6 is 0 Å². The van der Waals surface area contributed by atoms with E-state index in [4.69, 9.17) is 23.8 Å². The van der Waals surface area contributed by atoms with Crippen LogP contribution in [0.4, 0.5) is 0 Å². The number of fused-ring (bicyclic) bond motifs is 9. The first-order valence-electron chi connectivity index (χ1n) is 21.1. The van der Waals surface area contributed by atoms with Gasteiger partial charge in [0.15, 0.2) is 11.6 Å². The molecule has 63 heavy (non-hydrogen) atoms. The Morgan fingerprint density at radius 1 is 0.286 bits per heavy atom. The minimum absolute atomic E-state index is 0.541. The zero-order valence-electron chi connectivity index (χ0n) is 33.7. The minimum Gasteiger partial charge on any atom is -0.456 e. The van der Waals surface area contributed by atoms with Gasteiger partial charge in [0.2, 0.25) is 5.95 Å². The van der Waals surface area contributed by atoms with E-state index in [1.54, 1.807) is 0 Å². The second-order valence-electron chi connectivity index (χ2n) is 16.0. The van der Waals surface area contributed by atoms with Gasteiger partial charge >= 0.3 is 0 Å². The molecule has 0 bridgehead atoms. The Labute approximate surface area is 361 Å². The molecule has 4 heterocycles. The van der Waals surface area contributed by atoms with Crippen molar-refractivity contribution in [1.82, 2.24) is 19.5 Å². The fourth-order valence-electron chi connectivity index (χ4n) is 9.27. The maximum Gasteiger partial charge on any atom is 0.238 e. The molecule has 0 aliphatic carbocycles. The molecule has 13 aromatic rings. The van der Waals surface area contributed by atoms with Gasteiger partial charge in [-0.25, -0.2) is 4.98 Å². The quantitative estimate of drug-likeness (QED) is 0.167. The van der Waals surface area contributed by atoms with Gasteiger partial charge in [0, 0.05) is 43.4 Å². The van der Waals surface area contributed by atoms with Gasteiger partial charge in [-0.15, -0.1) is 0 Å². The fraction of sp³-hybridized carbons (Fsp3) is 0. The third-order valence-corrected chi connectivity index (χ3v) is 12.3. The monoisotopic (exact) mass is 806 g/mol. The molecule has 6 nitrogen and oxygen atoms in total. The second kappa shape index (κ2) is 14.0. The summed E-state index contributed by atoms with van der Waals surface area (Å²) in [6, 6.07) is 71.7. The maximum atomic E-state index is 6.55. The molecule has 0 unspecified atom stereocenters. The summed E-state index contributed by atoms with van der Waals surface area (Å²) in [5, 5.41) is 6.53. The fourth-order valence-corrected chi connectivity index (χ4v) is 9.27. The molecule has 294 valence electrons. The van der Waals surface area contributed by atoms with Gasteiger partial charge in [0.1, 0.15) is 22.3 Å². The summed E-state index contributed by atoms with van der Waals surface area (Å²) >= 11 is 0. The van der Waals surface area contributed by atoms with Gasteiger partial charge in [-0.1, -0.05) is 146 Å². The standard InChI is InChI=1S/C57H34N4O2/c1-3-13-35(14-4-1)41-17-7-8-18-42(41)39-24-28-50-46(33-39)43-19-9-11-21-49(43)61(50)57-59-55(36-15-5-2-6-16-36)58-56(60-57)40-23-27-45-48-32-38(26-30-53(48)63-54(45)34-40)37-25-29-52-47(31-37)44-20-10-12-22-51(44)62-52/h1-34H. The number of hydrogen-bond donors (Lipinski definition) is 0. The van der Waals surface area contributed by atoms with Gasteiger partial charge in [-0.2, -0.15) is 9.97 Å². The first-order chi connectivity index (χ1) is 31.2. The summed E-state index contributed by atoms with van der Waals surface area (Å²) in [5.74, 6) is 1.69. The van der Waals surface area contributed by atoms with Crippen LogP contribution in [0.1, 0.15) is 0 Å². The normalized spacial score (nSPS) is 11.8. The molecule has 0 radical (unpaired) electrons. The summed E-state index contributed by atoms with van der Waals surface area (Å²) in [6.07, 6.45) is 0. The van der Waals surface area contributed by atoms with Gasteiger partial charge < -0.3 is 8.83 Å². The smallest absolute Gasteiger partial charge is 0.238 e. The highest BCUT2D eigenvalue weighted by molar-refractivity contribution is 6.11. The summed E-state index contributed by atoms with van der Waals surface area (Å²) in [7, 11) is 0. The number of rotatable bonds is 6. The van der Waals surface area contributed by atoms with Gasteiger partial charge in [-0.05, 0) is 94.0 Å². The topological polar surface area (TPSA) is 69.9 Å². The first kappa shape index (κ1) is 35.2. The van der Waals surface area contributed by atoms with E-state index in [0.717, 1.165) is 93.5 Å². The van der Waals surface area contributed by atoms with Gasteiger partial charge in [0.05, 0.1) is 11.0 Å². The number of benzene rings is 9. The Bertz CT molecular complexity index is 3920. The highest BCUT2D eigenvalue weighted by Crippen LogP contribution is 2.40. The van der Waals surface area contributed by atoms with Crippen LogP contribution in [0.3, 0.4) is 0 Å². The largest absolute Gasteiger partial charge is 0.456 e. The van der Waals surface area contributed by atoms with E-state index >= 15 is 0 Å². The molecule has 0 amide bonds. The highest BCUT2D eigenvalue weighted by atomic mass is 16.3. The highest BCUT2D eigenvalue weighted by Gasteiger charge is 2.20. The molecule has 0 saturated carbocycles. The molecular weight excluding hydrogens is 773 g/mol. The van der Waals surface area contributed by atoms with E-state index < -0.39 is 0 Å². The Morgan fingerprint density at radius 2 is 0.794 bits per heavy atom. The number of furan rings is 2. The molecular formula is C57H34N4O2. The lowest BCUT2D eigenvalue weighted by Crippen LogP contribution is -2.06.